The molecule has 0 unspecified atom stereocenters. The van der Waals surface area contributed by atoms with Crippen LogP contribution in [0.2, 0.25) is 0 Å². The predicted octanol–water partition coefficient (Wildman–Crippen LogP) is 2.45. The smallest absolute Gasteiger partial charge is 0.292 e. The second-order valence-corrected chi connectivity index (χ2v) is 4.39. The van der Waals surface area contributed by atoms with Crippen molar-refractivity contribution < 1.29 is 14.0 Å². The first-order valence-corrected chi connectivity index (χ1v) is 6.12. The molecule has 0 radical (unpaired) electrons. The van der Waals surface area contributed by atoms with Crippen molar-refractivity contribution in [2.75, 3.05) is 5.32 Å². The maximum Gasteiger partial charge on any atom is 0.292 e. The van der Waals surface area contributed by atoms with E-state index < -0.39 is 0 Å². The summed E-state index contributed by atoms with van der Waals surface area (Å²) in [6, 6.07) is 6.75. The number of aryl methyl sites for hydroxylation is 1. The number of pyridine rings is 1. The van der Waals surface area contributed by atoms with Gasteiger partial charge in [-0.2, -0.15) is 0 Å². The van der Waals surface area contributed by atoms with Crippen LogP contribution in [0.5, 0.6) is 0 Å². The highest BCUT2D eigenvalue weighted by molar-refractivity contribution is 6.05. The lowest BCUT2D eigenvalue weighted by Crippen LogP contribution is -2.11. The van der Waals surface area contributed by atoms with Crippen molar-refractivity contribution in [3.8, 4) is 0 Å². The quantitative estimate of drug-likeness (QED) is 0.895. The second kappa shape index (κ2) is 4.68. The molecule has 0 spiro atoms. The van der Waals surface area contributed by atoms with Crippen molar-refractivity contribution >= 4 is 17.5 Å². The number of anilines is 1. The molecule has 0 saturated heterocycles. The summed E-state index contributed by atoms with van der Waals surface area (Å²) in [7, 11) is 0. The monoisotopic (exact) mass is 256 g/mol. The first kappa shape index (κ1) is 11.6. The minimum atomic E-state index is -0.388. The van der Waals surface area contributed by atoms with Crippen LogP contribution < -0.4 is 5.32 Å². The van der Waals surface area contributed by atoms with Crippen LogP contribution in [0, 0.1) is 0 Å². The molecule has 0 atom stereocenters. The minimum Gasteiger partial charge on any atom is -0.455 e. The summed E-state index contributed by atoms with van der Waals surface area (Å²) in [6.07, 6.45) is 3.60. The summed E-state index contributed by atoms with van der Waals surface area (Å²) in [5, 5.41) is 2.63. The van der Waals surface area contributed by atoms with Gasteiger partial charge in [-0.15, -0.1) is 0 Å². The molecule has 2 heterocycles. The maximum absolute atomic E-state index is 12.0. The zero-order valence-electron chi connectivity index (χ0n) is 10.2. The van der Waals surface area contributed by atoms with Crippen molar-refractivity contribution in [2.24, 2.45) is 0 Å². The number of nitrogens with zero attached hydrogens (tertiary/aromatic N) is 1. The summed E-state index contributed by atoms with van der Waals surface area (Å²) >= 11 is 0. The lowest BCUT2D eigenvalue weighted by atomic mass is 9.97. The van der Waals surface area contributed by atoms with Crippen molar-refractivity contribution in [3.05, 3.63) is 47.5 Å². The largest absolute Gasteiger partial charge is 0.455 e. The molecule has 1 N–H and O–H groups in total. The number of furan rings is 1. The van der Waals surface area contributed by atoms with Crippen molar-refractivity contribution in [1.29, 1.82) is 0 Å². The average molecular weight is 256 g/mol. The lowest BCUT2D eigenvalue weighted by Gasteiger charge is -2.06. The third-order valence-corrected chi connectivity index (χ3v) is 3.05. The van der Waals surface area contributed by atoms with E-state index in [0.29, 0.717) is 30.0 Å². The zero-order chi connectivity index (χ0) is 13.2. The van der Waals surface area contributed by atoms with Gasteiger partial charge in [0.15, 0.2) is 11.5 Å². The van der Waals surface area contributed by atoms with Crippen LogP contribution in [-0.2, 0) is 6.42 Å². The lowest BCUT2D eigenvalue weighted by molar-refractivity contribution is 0.0963. The number of carbonyl (C=O) groups is 2. The molecule has 3 rings (SSSR count). The predicted molar refractivity (Wildman–Crippen MR) is 68.2 cm³/mol. The van der Waals surface area contributed by atoms with E-state index in [1.54, 1.807) is 24.4 Å². The molecule has 2 aromatic rings. The maximum atomic E-state index is 12.0. The van der Waals surface area contributed by atoms with Crippen molar-refractivity contribution in [2.45, 2.75) is 19.3 Å². The van der Waals surface area contributed by atoms with Gasteiger partial charge in [-0.1, -0.05) is 6.07 Å². The Labute approximate surface area is 109 Å². The Morgan fingerprint density at radius 2 is 2.21 bits per heavy atom. The number of hydrogen-bond donors (Lipinski definition) is 1. The molecule has 2 aromatic heterocycles. The van der Waals surface area contributed by atoms with E-state index >= 15 is 0 Å². The Hall–Kier alpha value is -2.43. The van der Waals surface area contributed by atoms with E-state index in [9.17, 15) is 9.59 Å². The Morgan fingerprint density at radius 1 is 1.32 bits per heavy atom. The summed E-state index contributed by atoms with van der Waals surface area (Å²) in [5.74, 6) is 0.879. The molecule has 96 valence electrons. The molecule has 5 nitrogen and oxygen atoms in total. The summed E-state index contributed by atoms with van der Waals surface area (Å²) in [6.45, 7) is 0. The van der Waals surface area contributed by atoms with Crippen molar-refractivity contribution in [1.82, 2.24) is 4.98 Å². The highest BCUT2D eigenvalue weighted by Crippen LogP contribution is 2.25. The van der Waals surface area contributed by atoms with Crippen LogP contribution in [-0.4, -0.2) is 16.7 Å². The molecule has 0 aliphatic heterocycles. The first-order valence-electron chi connectivity index (χ1n) is 6.12. The molecule has 0 aromatic carbocycles. The van der Waals surface area contributed by atoms with Gasteiger partial charge in [-0.3, -0.25) is 9.59 Å². The fraction of sp³-hybridized carbons (Fsp3) is 0.214. The highest BCUT2D eigenvalue weighted by Gasteiger charge is 2.24. The van der Waals surface area contributed by atoms with Crippen LogP contribution >= 0.6 is 0 Å². The van der Waals surface area contributed by atoms with Gasteiger partial charge in [0, 0.05) is 25.1 Å². The van der Waals surface area contributed by atoms with Gasteiger partial charge in [0.1, 0.15) is 11.6 Å². The van der Waals surface area contributed by atoms with Gasteiger partial charge in [-0.25, -0.2) is 4.98 Å². The van der Waals surface area contributed by atoms with Gasteiger partial charge in [0.2, 0.25) is 0 Å². The number of amides is 1. The van der Waals surface area contributed by atoms with Crippen LogP contribution in [0.3, 0.4) is 0 Å². The second-order valence-electron chi connectivity index (χ2n) is 4.39. The third-order valence-electron chi connectivity index (χ3n) is 3.05. The van der Waals surface area contributed by atoms with Crippen molar-refractivity contribution in [3.63, 3.8) is 0 Å². The number of hydrogen-bond acceptors (Lipinski definition) is 4. The van der Waals surface area contributed by atoms with Gasteiger partial charge < -0.3 is 9.73 Å². The number of rotatable bonds is 2. The van der Waals surface area contributed by atoms with E-state index in [0.717, 1.165) is 6.42 Å². The van der Waals surface area contributed by atoms with Gasteiger partial charge >= 0.3 is 0 Å². The van der Waals surface area contributed by atoms with E-state index in [4.69, 9.17) is 4.42 Å². The SMILES string of the molecule is O=C(Nc1ccccn1)c1cc2c(o1)CCCC2=O. The normalized spacial score (nSPS) is 14.0. The molecule has 5 heteroatoms. The Kier molecular flexibility index (Phi) is 2.87. The number of Topliss-reactive ketones (excluding diaryl/α,β-unsaturated/α-hetero) is 1. The van der Waals surface area contributed by atoms with Crippen LogP contribution in [0.1, 0.15) is 39.5 Å². The molecular formula is C14H12N2O3. The fourth-order valence-electron chi connectivity index (χ4n) is 2.12. The molecule has 19 heavy (non-hydrogen) atoms. The molecule has 0 saturated carbocycles. The number of ketones is 1. The molecular weight excluding hydrogens is 244 g/mol. The number of nitrogens with one attached hydrogen (secondary N) is 1. The Balaban J connectivity index is 1.83. The van der Waals surface area contributed by atoms with Gasteiger partial charge in [0.05, 0.1) is 5.56 Å². The topological polar surface area (TPSA) is 72.2 Å². The molecule has 0 bridgehead atoms. The zero-order valence-corrected chi connectivity index (χ0v) is 10.2. The molecule has 0 fully saturated rings. The summed E-state index contributed by atoms with van der Waals surface area (Å²) in [4.78, 5) is 27.7. The molecule has 1 aliphatic rings. The third kappa shape index (κ3) is 2.27. The summed E-state index contributed by atoms with van der Waals surface area (Å²) in [5.41, 5.74) is 0.539. The number of fused-ring (bicyclic) bond motifs is 1. The van der Waals surface area contributed by atoms with Crippen LogP contribution in [0.25, 0.3) is 0 Å². The Morgan fingerprint density at radius 3 is 2.95 bits per heavy atom. The van der Waals surface area contributed by atoms with Crippen LogP contribution in [0.15, 0.2) is 34.9 Å². The first-order chi connectivity index (χ1) is 9.24. The average Bonchev–Trinajstić information content (AvgIpc) is 2.85. The van der Waals surface area contributed by atoms with Gasteiger partial charge in [0.25, 0.3) is 5.91 Å². The number of aromatic nitrogens is 1. The van der Waals surface area contributed by atoms with E-state index in [-0.39, 0.29) is 17.5 Å². The minimum absolute atomic E-state index is 0.0434. The number of carbonyl (C=O) groups excluding carboxylic acids is 2. The van der Waals surface area contributed by atoms with E-state index in [1.165, 1.54) is 6.07 Å². The van der Waals surface area contributed by atoms with Gasteiger partial charge in [-0.05, 0) is 18.6 Å². The summed E-state index contributed by atoms with van der Waals surface area (Å²) < 4.78 is 5.45. The Bertz CT molecular complexity index is 631. The highest BCUT2D eigenvalue weighted by atomic mass is 16.4. The fourth-order valence-corrected chi connectivity index (χ4v) is 2.12. The molecule has 1 aliphatic carbocycles. The van der Waals surface area contributed by atoms with Crippen LogP contribution in [0.4, 0.5) is 5.82 Å². The molecule has 1 amide bonds. The van der Waals surface area contributed by atoms with E-state index in [2.05, 4.69) is 10.3 Å². The standard InChI is InChI=1S/C14H12N2O3/c17-10-4-3-5-11-9(10)8-12(19-11)14(18)16-13-6-1-2-7-15-13/h1-2,6-8H,3-5H2,(H,15,16,18). The van der Waals surface area contributed by atoms with E-state index in [1.807, 2.05) is 0 Å².